The molecule has 1 fully saturated rings. The van der Waals surface area contributed by atoms with E-state index in [1.165, 1.54) is 0 Å². The Labute approximate surface area is 99.4 Å². The standard InChI is InChI=1S/C11H19F3N2O/c1-8-4-3-5-9(2)16(8)10(17)6-15-7-11(12,13)14/h8-9,15H,3-7H2,1-2H3. The van der Waals surface area contributed by atoms with Gasteiger partial charge in [0, 0.05) is 12.1 Å². The molecule has 1 amide bonds. The first kappa shape index (κ1) is 14.3. The van der Waals surface area contributed by atoms with Crippen LogP contribution in [0.5, 0.6) is 0 Å². The van der Waals surface area contributed by atoms with Gasteiger partial charge in [0.15, 0.2) is 0 Å². The van der Waals surface area contributed by atoms with Crippen LogP contribution in [0.3, 0.4) is 0 Å². The second-order valence-corrected chi connectivity index (χ2v) is 4.65. The summed E-state index contributed by atoms with van der Waals surface area (Å²) < 4.78 is 35.7. The highest BCUT2D eigenvalue weighted by Crippen LogP contribution is 2.22. The van der Waals surface area contributed by atoms with Crippen LogP contribution >= 0.6 is 0 Å². The first-order valence-electron chi connectivity index (χ1n) is 5.90. The number of likely N-dealkylation sites (tertiary alicyclic amines) is 1. The fraction of sp³-hybridized carbons (Fsp3) is 0.909. The van der Waals surface area contributed by atoms with Crippen molar-refractivity contribution in [2.24, 2.45) is 0 Å². The van der Waals surface area contributed by atoms with Gasteiger partial charge < -0.3 is 10.2 Å². The van der Waals surface area contributed by atoms with E-state index in [1.54, 1.807) is 4.90 Å². The number of amides is 1. The van der Waals surface area contributed by atoms with E-state index < -0.39 is 12.7 Å². The van der Waals surface area contributed by atoms with Gasteiger partial charge in [-0.15, -0.1) is 0 Å². The number of carbonyl (C=O) groups excluding carboxylic acids is 1. The van der Waals surface area contributed by atoms with E-state index >= 15 is 0 Å². The molecule has 17 heavy (non-hydrogen) atoms. The van der Waals surface area contributed by atoms with E-state index in [0.717, 1.165) is 19.3 Å². The van der Waals surface area contributed by atoms with Gasteiger partial charge in [0.25, 0.3) is 0 Å². The summed E-state index contributed by atoms with van der Waals surface area (Å²) in [6, 6.07) is 0.248. The quantitative estimate of drug-likeness (QED) is 0.832. The maximum Gasteiger partial charge on any atom is 0.401 e. The van der Waals surface area contributed by atoms with E-state index in [9.17, 15) is 18.0 Å². The molecule has 1 aliphatic rings. The zero-order valence-electron chi connectivity index (χ0n) is 10.2. The number of alkyl halides is 3. The molecule has 100 valence electrons. The van der Waals surface area contributed by atoms with Gasteiger partial charge in [-0.05, 0) is 33.1 Å². The Morgan fingerprint density at radius 2 is 1.82 bits per heavy atom. The van der Waals surface area contributed by atoms with Crippen molar-refractivity contribution in [1.82, 2.24) is 10.2 Å². The third kappa shape index (κ3) is 4.53. The number of piperidine rings is 1. The van der Waals surface area contributed by atoms with Crippen LogP contribution in [0.15, 0.2) is 0 Å². The fourth-order valence-corrected chi connectivity index (χ4v) is 2.32. The lowest BCUT2D eigenvalue weighted by molar-refractivity contribution is -0.139. The maximum absolute atomic E-state index is 11.9. The van der Waals surface area contributed by atoms with Crippen LogP contribution in [0.1, 0.15) is 33.1 Å². The van der Waals surface area contributed by atoms with Crippen LogP contribution in [0.4, 0.5) is 13.2 Å². The molecule has 1 saturated heterocycles. The maximum atomic E-state index is 11.9. The Balaban J connectivity index is 2.40. The minimum Gasteiger partial charge on any atom is -0.336 e. The molecule has 6 heteroatoms. The largest absolute Gasteiger partial charge is 0.401 e. The molecule has 0 saturated carbocycles. The average molecular weight is 252 g/mol. The fourth-order valence-electron chi connectivity index (χ4n) is 2.32. The van der Waals surface area contributed by atoms with Gasteiger partial charge in [-0.2, -0.15) is 13.2 Å². The summed E-state index contributed by atoms with van der Waals surface area (Å²) in [5.41, 5.74) is 0. The highest BCUT2D eigenvalue weighted by Gasteiger charge is 2.30. The minimum atomic E-state index is -4.26. The molecule has 1 aliphatic heterocycles. The average Bonchev–Trinajstić information content (AvgIpc) is 2.15. The van der Waals surface area contributed by atoms with Crippen molar-refractivity contribution in [1.29, 1.82) is 0 Å². The summed E-state index contributed by atoms with van der Waals surface area (Å²) in [4.78, 5) is 13.5. The van der Waals surface area contributed by atoms with Crippen molar-refractivity contribution in [2.75, 3.05) is 13.1 Å². The summed E-state index contributed by atoms with van der Waals surface area (Å²) in [6.07, 6.45) is -1.34. The van der Waals surface area contributed by atoms with Gasteiger partial charge in [-0.1, -0.05) is 0 Å². The molecule has 0 aromatic rings. The van der Waals surface area contributed by atoms with Crippen LogP contribution in [-0.4, -0.2) is 42.2 Å². The Kier molecular flexibility index (Phi) is 4.80. The molecule has 0 aliphatic carbocycles. The molecular weight excluding hydrogens is 233 g/mol. The van der Waals surface area contributed by atoms with E-state index in [4.69, 9.17) is 0 Å². The Hall–Kier alpha value is -0.780. The van der Waals surface area contributed by atoms with Gasteiger partial charge >= 0.3 is 6.18 Å². The topological polar surface area (TPSA) is 32.3 Å². The second kappa shape index (κ2) is 5.71. The van der Waals surface area contributed by atoms with Crippen molar-refractivity contribution in [3.05, 3.63) is 0 Å². The molecule has 0 aromatic heterocycles. The van der Waals surface area contributed by atoms with Gasteiger partial charge in [0.05, 0.1) is 13.1 Å². The summed E-state index contributed by atoms with van der Waals surface area (Å²) in [5, 5.41) is 2.15. The van der Waals surface area contributed by atoms with Crippen LogP contribution in [0.25, 0.3) is 0 Å². The number of hydrogen-bond acceptors (Lipinski definition) is 2. The molecule has 0 spiro atoms. The molecule has 1 N–H and O–H groups in total. The molecule has 0 bridgehead atoms. The Bertz CT molecular complexity index is 258. The molecule has 3 nitrogen and oxygen atoms in total. The van der Waals surface area contributed by atoms with Crippen LogP contribution < -0.4 is 5.32 Å². The number of rotatable bonds is 3. The van der Waals surface area contributed by atoms with Crippen LogP contribution in [0.2, 0.25) is 0 Å². The summed E-state index contributed by atoms with van der Waals surface area (Å²) >= 11 is 0. The number of nitrogens with zero attached hydrogens (tertiary/aromatic N) is 1. The second-order valence-electron chi connectivity index (χ2n) is 4.65. The van der Waals surface area contributed by atoms with E-state index in [1.807, 2.05) is 13.8 Å². The van der Waals surface area contributed by atoms with Crippen LogP contribution in [0, 0.1) is 0 Å². The smallest absolute Gasteiger partial charge is 0.336 e. The Morgan fingerprint density at radius 3 is 2.29 bits per heavy atom. The summed E-state index contributed by atoms with van der Waals surface area (Å²) in [6.45, 7) is 2.53. The highest BCUT2D eigenvalue weighted by atomic mass is 19.4. The number of carbonyl (C=O) groups is 1. The van der Waals surface area contributed by atoms with Gasteiger partial charge in [-0.25, -0.2) is 0 Å². The predicted molar refractivity (Wildman–Crippen MR) is 58.5 cm³/mol. The lowest BCUT2D eigenvalue weighted by Crippen LogP contribution is -2.51. The van der Waals surface area contributed by atoms with E-state index in [-0.39, 0.29) is 24.5 Å². The minimum absolute atomic E-state index is 0.124. The van der Waals surface area contributed by atoms with Crippen molar-refractivity contribution in [3.8, 4) is 0 Å². The molecule has 0 aromatic carbocycles. The Morgan fingerprint density at radius 1 is 1.29 bits per heavy atom. The molecule has 2 atom stereocenters. The first-order valence-corrected chi connectivity index (χ1v) is 5.90. The number of nitrogens with one attached hydrogen (secondary N) is 1. The van der Waals surface area contributed by atoms with Gasteiger partial charge in [-0.3, -0.25) is 4.79 Å². The molecule has 1 heterocycles. The monoisotopic (exact) mass is 252 g/mol. The number of hydrogen-bond donors (Lipinski definition) is 1. The first-order chi connectivity index (χ1) is 7.81. The lowest BCUT2D eigenvalue weighted by atomic mass is 9.97. The zero-order valence-corrected chi connectivity index (χ0v) is 10.2. The third-order valence-electron chi connectivity index (χ3n) is 3.08. The van der Waals surface area contributed by atoms with Crippen molar-refractivity contribution < 1.29 is 18.0 Å². The zero-order chi connectivity index (χ0) is 13.1. The van der Waals surface area contributed by atoms with Crippen LogP contribution in [-0.2, 0) is 4.79 Å². The summed E-state index contributed by atoms with van der Waals surface area (Å²) in [5.74, 6) is -0.242. The molecular formula is C11H19F3N2O. The van der Waals surface area contributed by atoms with E-state index in [2.05, 4.69) is 5.32 Å². The molecule has 0 radical (unpaired) electrons. The van der Waals surface area contributed by atoms with Gasteiger partial charge in [0.2, 0.25) is 5.91 Å². The summed E-state index contributed by atoms with van der Waals surface area (Å²) in [7, 11) is 0. The van der Waals surface area contributed by atoms with Crippen molar-refractivity contribution in [2.45, 2.75) is 51.4 Å². The van der Waals surface area contributed by atoms with Crippen molar-refractivity contribution >= 4 is 5.91 Å². The number of halogens is 3. The SMILES string of the molecule is CC1CCCC(C)N1C(=O)CNCC(F)(F)F. The molecule has 1 rings (SSSR count). The van der Waals surface area contributed by atoms with E-state index in [0.29, 0.717) is 0 Å². The third-order valence-corrected chi connectivity index (χ3v) is 3.08. The van der Waals surface area contributed by atoms with Crippen molar-refractivity contribution in [3.63, 3.8) is 0 Å². The predicted octanol–water partition coefficient (Wildman–Crippen LogP) is 1.93. The lowest BCUT2D eigenvalue weighted by Gasteiger charge is -2.39. The normalized spacial score (nSPS) is 26.1. The molecule has 2 unspecified atom stereocenters. The van der Waals surface area contributed by atoms with Gasteiger partial charge in [0.1, 0.15) is 0 Å². The highest BCUT2D eigenvalue weighted by molar-refractivity contribution is 5.79.